The summed E-state index contributed by atoms with van der Waals surface area (Å²) in [6, 6.07) is 11.6. The van der Waals surface area contributed by atoms with Crippen LogP contribution in [0.4, 0.5) is 15.8 Å². The summed E-state index contributed by atoms with van der Waals surface area (Å²) in [5.41, 5.74) is 5.74. The summed E-state index contributed by atoms with van der Waals surface area (Å²) in [4.78, 5) is 2.28. The predicted octanol–water partition coefficient (Wildman–Crippen LogP) is 3.74. The van der Waals surface area contributed by atoms with Crippen LogP contribution >= 0.6 is 0 Å². The third-order valence-electron chi connectivity index (χ3n) is 3.81. The van der Waals surface area contributed by atoms with Gasteiger partial charge in [0.2, 0.25) is 0 Å². The van der Waals surface area contributed by atoms with Crippen molar-refractivity contribution in [2.45, 2.75) is 19.9 Å². The van der Waals surface area contributed by atoms with E-state index in [1.807, 2.05) is 13.0 Å². The molecule has 104 valence electrons. The highest BCUT2D eigenvalue weighted by molar-refractivity contribution is 5.58. The van der Waals surface area contributed by atoms with Gasteiger partial charge in [-0.3, -0.25) is 0 Å². The Morgan fingerprint density at radius 2 is 2.05 bits per heavy atom. The molecular formula is C17H19FN2. The molecule has 0 atom stereocenters. The van der Waals surface area contributed by atoms with Crippen LogP contribution in [0, 0.1) is 12.7 Å². The molecule has 1 aliphatic heterocycles. The van der Waals surface area contributed by atoms with Gasteiger partial charge in [0.15, 0.2) is 0 Å². The van der Waals surface area contributed by atoms with Crippen molar-refractivity contribution < 1.29 is 4.39 Å². The molecule has 0 bridgehead atoms. The minimum atomic E-state index is -0.192. The highest BCUT2D eigenvalue weighted by Crippen LogP contribution is 2.27. The number of anilines is 2. The zero-order valence-electron chi connectivity index (χ0n) is 11.9. The van der Waals surface area contributed by atoms with E-state index in [1.165, 1.54) is 28.9 Å². The van der Waals surface area contributed by atoms with Gasteiger partial charge in [0.05, 0.1) is 0 Å². The molecule has 1 heterocycles. The third-order valence-corrected chi connectivity index (χ3v) is 3.81. The number of halogens is 1. The van der Waals surface area contributed by atoms with Crippen molar-refractivity contribution in [2.75, 3.05) is 23.8 Å². The number of benzene rings is 2. The maximum Gasteiger partial charge on any atom is 0.125 e. The lowest BCUT2D eigenvalue weighted by Gasteiger charge is -2.13. The number of nitrogens with one attached hydrogen (secondary N) is 1. The van der Waals surface area contributed by atoms with E-state index in [0.29, 0.717) is 0 Å². The molecule has 2 aromatic carbocycles. The Morgan fingerprint density at radius 3 is 2.85 bits per heavy atom. The van der Waals surface area contributed by atoms with Crippen LogP contribution in [0.3, 0.4) is 0 Å². The summed E-state index contributed by atoms with van der Waals surface area (Å²) in [5, 5.41) is 3.29. The normalized spacial score (nSPS) is 13.4. The third kappa shape index (κ3) is 2.62. The number of fused-ring (bicyclic) bond motifs is 1. The Labute approximate surface area is 119 Å². The number of rotatable bonds is 3. The van der Waals surface area contributed by atoms with Crippen LogP contribution < -0.4 is 10.2 Å². The largest absolute Gasteiger partial charge is 0.381 e. The van der Waals surface area contributed by atoms with Gasteiger partial charge in [-0.25, -0.2) is 4.39 Å². The second-order valence-corrected chi connectivity index (χ2v) is 5.51. The van der Waals surface area contributed by atoms with E-state index in [0.717, 1.165) is 30.8 Å². The van der Waals surface area contributed by atoms with Crippen molar-refractivity contribution in [3.8, 4) is 0 Å². The molecule has 1 aliphatic rings. The van der Waals surface area contributed by atoms with Crippen molar-refractivity contribution in [1.82, 2.24) is 0 Å². The van der Waals surface area contributed by atoms with Gasteiger partial charge in [-0.15, -0.1) is 0 Å². The second-order valence-electron chi connectivity index (χ2n) is 5.51. The summed E-state index contributed by atoms with van der Waals surface area (Å²) < 4.78 is 13.3. The quantitative estimate of drug-likeness (QED) is 0.914. The van der Waals surface area contributed by atoms with Crippen LogP contribution in [0.2, 0.25) is 0 Å². The Kier molecular flexibility index (Phi) is 3.35. The van der Waals surface area contributed by atoms with E-state index in [2.05, 4.69) is 35.5 Å². The van der Waals surface area contributed by atoms with E-state index in [4.69, 9.17) is 0 Å². The molecule has 2 nitrogen and oxygen atoms in total. The minimum absolute atomic E-state index is 0.192. The monoisotopic (exact) mass is 270 g/mol. The van der Waals surface area contributed by atoms with Gasteiger partial charge in [0.1, 0.15) is 5.82 Å². The summed E-state index contributed by atoms with van der Waals surface area (Å²) >= 11 is 0. The van der Waals surface area contributed by atoms with Gasteiger partial charge in [0.25, 0.3) is 0 Å². The number of likely N-dealkylation sites (N-methyl/N-ethyl adjacent to an activating group) is 1. The van der Waals surface area contributed by atoms with Crippen molar-refractivity contribution in [1.29, 1.82) is 0 Å². The average molecular weight is 270 g/mol. The smallest absolute Gasteiger partial charge is 0.125 e. The van der Waals surface area contributed by atoms with Gasteiger partial charge in [-0.2, -0.15) is 0 Å². The zero-order valence-corrected chi connectivity index (χ0v) is 11.9. The molecule has 20 heavy (non-hydrogen) atoms. The fourth-order valence-electron chi connectivity index (χ4n) is 2.77. The Hall–Kier alpha value is -2.03. The molecule has 0 aromatic heterocycles. The topological polar surface area (TPSA) is 15.3 Å². The lowest BCUT2D eigenvalue weighted by atomic mass is 10.1. The average Bonchev–Trinajstić information content (AvgIpc) is 2.77. The van der Waals surface area contributed by atoms with Gasteiger partial charge >= 0.3 is 0 Å². The first-order valence-electron chi connectivity index (χ1n) is 6.96. The number of nitrogens with zero attached hydrogens (tertiary/aromatic N) is 1. The standard InChI is InChI=1S/C17H19FN2/c1-12-7-15(18)10-16(8-12)19-11-13-3-4-17-14(9-13)5-6-20(17)2/h3-4,7-10,19H,5-6,11H2,1-2H3. The van der Waals surface area contributed by atoms with Crippen molar-refractivity contribution in [3.63, 3.8) is 0 Å². The summed E-state index contributed by atoms with van der Waals surface area (Å²) in [7, 11) is 2.12. The molecule has 2 aromatic rings. The molecule has 1 N–H and O–H groups in total. The van der Waals surface area contributed by atoms with Crippen LogP contribution in [0.1, 0.15) is 16.7 Å². The minimum Gasteiger partial charge on any atom is -0.381 e. The van der Waals surface area contributed by atoms with Crippen LogP contribution in [0.5, 0.6) is 0 Å². The lowest BCUT2D eigenvalue weighted by molar-refractivity contribution is 0.627. The Balaban J connectivity index is 1.72. The predicted molar refractivity (Wildman–Crippen MR) is 81.9 cm³/mol. The summed E-state index contributed by atoms with van der Waals surface area (Å²) in [6.07, 6.45) is 1.11. The second kappa shape index (κ2) is 5.16. The highest BCUT2D eigenvalue weighted by atomic mass is 19.1. The molecule has 0 unspecified atom stereocenters. The molecule has 0 saturated heterocycles. The van der Waals surface area contributed by atoms with Gasteiger partial charge < -0.3 is 10.2 Å². The maximum absolute atomic E-state index is 13.3. The molecule has 3 rings (SSSR count). The van der Waals surface area contributed by atoms with E-state index in [-0.39, 0.29) is 5.82 Å². The molecule has 0 spiro atoms. The first kappa shape index (κ1) is 13.0. The van der Waals surface area contributed by atoms with E-state index in [9.17, 15) is 4.39 Å². The molecule has 0 aliphatic carbocycles. The molecule has 0 radical (unpaired) electrons. The lowest BCUT2D eigenvalue weighted by Crippen LogP contribution is -2.12. The van der Waals surface area contributed by atoms with Crippen LogP contribution in [0.25, 0.3) is 0 Å². The van der Waals surface area contributed by atoms with Crippen LogP contribution in [-0.4, -0.2) is 13.6 Å². The van der Waals surface area contributed by atoms with Crippen molar-refractivity contribution >= 4 is 11.4 Å². The maximum atomic E-state index is 13.3. The van der Waals surface area contributed by atoms with Gasteiger partial charge in [0, 0.05) is 31.5 Å². The highest BCUT2D eigenvalue weighted by Gasteiger charge is 2.15. The molecule has 0 saturated carbocycles. The molecule has 0 amide bonds. The van der Waals surface area contributed by atoms with E-state index in [1.54, 1.807) is 0 Å². The van der Waals surface area contributed by atoms with Crippen LogP contribution in [-0.2, 0) is 13.0 Å². The summed E-state index contributed by atoms with van der Waals surface area (Å²) in [5.74, 6) is -0.192. The first-order valence-corrected chi connectivity index (χ1v) is 6.96. The molecular weight excluding hydrogens is 251 g/mol. The number of hydrogen-bond donors (Lipinski definition) is 1. The van der Waals surface area contributed by atoms with Crippen molar-refractivity contribution in [3.05, 3.63) is 58.9 Å². The van der Waals surface area contributed by atoms with E-state index < -0.39 is 0 Å². The van der Waals surface area contributed by atoms with Crippen molar-refractivity contribution in [2.24, 2.45) is 0 Å². The van der Waals surface area contributed by atoms with Gasteiger partial charge in [-0.05, 0) is 54.3 Å². The SMILES string of the molecule is Cc1cc(F)cc(NCc2ccc3c(c2)CCN3C)c1. The fraction of sp³-hybridized carbons (Fsp3) is 0.294. The van der Waals surface area contributed by atoms with Crippen LogP contribution in [0.15, 0.2) is 36.4 Å². The zero-order chi connectivity index (χ0) is 14.1. The molecule has 3 heteroatoms. The fourth-order valence-corrected chi connectivity index (χ4v) is 2.77. The summed E-state index contributed by atoms with van der Waals surface area (Å²) in [6.45, 7) is 3.72. The number of hydrogen-bond acceptors (Lipinski definition) is 2. The van der Waals surface area contributed by atoms with E-state index >= 15 is 0 Å². The number of aryl methyl sites for hydroxylation is 1. The Bertz CT molecular complexity index is 617. The van der Waals surface area contributed by atoms with Gasteiger partial charge in [-0.1, -0.05) is 12.1 Å². The Morgan fingerprint density at radius 1 is 1.20 bits per heavy atom. The first-order chi connectivity index (χ1) is 9.61. The molecule has 0 fully saturated rings.